The molecule has 1 aliphatic rings. The molecule has 102 valence electrons. The number of thioether (sulfide) groups is 1. The number of imidazole rings is 1. The van der Waals surface area contributed by atoms with E-state index >= 15 is 0 Å². The van der Waals surface area contributed by atoms with Gasteiger partial charge in [0.25, 0.3) is 0 Å². The van der Waals surface area contributed by atoms with E-state index < -0.39 is 6.10 Å². The topological polar surface area (TPSA) is 51.2 Å². The molecule has 2 aromatic rings. The van der Waals surface area contributed by atoms with Crippen LogP contribution in [0.15, 0.2) is 40.4 Å². The third-order valence-electron chi connectivity index (χ3n) is 4.15. The maximum absolute atomic E-state index is 10.6. The van der Waals surface area contributed by atoms with E-state index in [4.69, 9.17) is 4.42 Å². The summed E-state index contributed by atoms with van der Waals surface area (Å²) in [5.41, 5.74) is -0.302. The van der Waals surface area contributed by atoms with E-state index in [9.17, 15) is 5.11 Å². The van der Waals surface area contributed by atoms with Gasteiger partial charge >= 0.3 is 0 Å². The fourth-order valence-electron chi connectivity index (χ4n) is 2.67. The van der Waals surface area contributed by atoms with Gasteiger partial charge in [0, 0.05) is 24.1 Å². The highest BCUT2D eigenvalue weighted by Gasteiger charge is 2.46. The van der Waals surface area contributed by atoms with Crippen LogP contribution in [-0.4, -0.2) is 26.0 Å². The molecular formula is C14H18N2O2S. The molecule has 0 aliphatic carbocycles. The number of furan rings is 1. The molecule has 0 amide bonds. The van der Waals surface area contributed by atoms with Crippen LogP contribution in [0, 0.1) is 0 Å². The number of hydrogen-bond acceptors (Lipinski definition) is 4. The Hall–Kier alpha value is -1.20. The molecule has 5 heteroatoms. The summed E-state index contributed by atoms with van der Waals surface area (Å²) in [5.74, 6) is 0.923. The smallest absolute Gasteiger partial charge is 0.168 e. The Morgan fingerprint density at radius 3 is 3.21 bits per heavy atom. The van der Waals surface area contributed by atoms with E-state index in [0.717, 1.165) is 17.3 Å². The molecule has 1 N–H and O–H groups in total. The van der Waals surface area contributed by atoms with E-state index in [0.29, 0.717) is 11.7 Å². The van der Waals surface area contributed by atoms with Crippen LogP contribution < -0.4 is 0 Å². The quantitative estimate of drug-likeness (QED) is 0.934. The summed E-state index contributed by atoms with van der Waals surface area (Å²) in [7, 11) is 0. The molecule has 3 heterocycles. The van der Waals surface area contributed by atoms with Gasteiger partial charge in [-0.15, -0.1) is 0 Å². The van der Waals surface area contributed by atoms with Crippen molar-refractivity contribution >= 4 is 11.8 Å². The van der Waals surface area contributed by atoms with Crippen molar-refractivity contribution in [1.82, 2.24) is 9.55 Å². The Morgan fingerprint density at radius 2 is 2.47 bits per heavy atom. The first kappa shape index (κ1) is 12.8. The monoisotopic (exact) mass is 278 g/mol. The molecule has 3 rings (SSSR count). The molecule has 0 aromatic carbocycles. The lowest BCUT2D eigenvalue weighted by molar-refractivity contribution is 0.0382. The van der Waals surface area contributed by atoms with Gasteiger partial charge in [0.15, 0.2) is 5.16 Å². The Kier molecular flexibility index (Phi) is 3.19. The summed E-state index contributed by atoms with van der Waals surface area (Å²) in [5, 5.41) is 11.9. The fraction of sp³-hybridized carbons (Fsp3) is 0.500. The van der Waals surface area contributed by atoms with E-state index in [2.05, 4.69) is 23.4 Å². The van der Waals surface area contributed by atoms with Crippen molar-refractivity contribution < 1.29 is 9.52 Å². The minimum absolute atomic E-state index is 0.302. The molecule has 0 bridgehead atoms. The molecule has 19 heavy (non-hydrogen) atoms. The van der Waals surface area contributed by atoms with Crippen LogP contribution in [0.5, 0.6) is 0 Å². The summed E-state index contributed by atoms with van der Waals surface area (Å²) < 4.78 is 7.43. The molecule has 3 atom stereocenters. The van der Waals surface area contributed by atoms with E-state index in [1.54, 1.807) is 24.2 Å². The molecule has 4 nitrogen and oxygen atoms in total. The van der Waals surface area contributed by atoms with E-state index in [-0.39, 0.29) is 5.54 Å². The Balaban J connectivity index is 1.77. The zero-order valence-corrected chi connectivity index (χ0v) is 11.9. The minimum Gasteiger partial charge on any atom is -0.469 e. The van der Waals surface area contributed by atoms with Gasteiger partial charge in [-0.05, 0) is 25.5 Å². The number of aliphatic hydroxyl groups excluding tert-OH is 1. The third-order valence-corrected chi connectivity index (χ3v) is 5.49. The van der Waals surface area contributed by atoms with Gasteiger partial charge in [0.05, 0.1) is 17.9 Å². The van der Waals surface area contributed by atoms with E-state index in [1.165, 1.54) is 0 Å². The van der Waals surface area contributed by atoms with Gasteiger partial charge in [-0.3, -0.25) is 0 Å². The number of nitrogens with zero attached hydrogens (tertiary/aromatic N) is 2. The first-order chi connectivity index (χ1) is 9.12. The van der Waals surface area contributed by atoms with Crippen LogP contribution in [0.2, 0.25) is 0 Å². The number of aromatic nitrogens is 2. The molecule has 3 unspecified atom stereocenters. The second-order valence-electron chi connectivity index (χ2n) is 5.20. The highest BCUT2D eigenvalue weighted by molar-refractivity contribution is 8.00. The normalized spacial score (nSPS) is 27.4. The van der Waals surface area contributed by atoms with Crippen molar-refractivity contribution in [3.05, 3.63) is 36.5 Å². The average Bonchev–Trinajstić information content (AvgIpc) is 3.08. The van der Waals surface area contributed by atoms with Crippen molar-refractivity contribution in [2.45, 2.75) is 48.7 Å². The summed E-state index contributed by atoms with van der Waals surface area (Å²) in [6.45, 7) is 4.26. The number of rotatable bonds is 4. The van der Waals surface area contributed by atoms with Gasteiger partial charge in [-0.2, -0.15) is 0 Å². The highest BCUT2D eigenvalue weighted by Crippen LogP contribution is 2.45. The second kappa shape index (κ2) is 4.72. The summed E-state index contributed by atoms with van der Waals surface area (Å²) in [6, 6.07) is 3.83. The first-order valence-electron chi connectivity index (χ1n) is 6.53. The van der Waals surface area contributed by atoms with Crippen molar-refractivity contribution in [3.63, 3.8) is 0 Å². The Bertz CT molecular complexity index is 552. The number of aliphatic hydroxyl groups is 1. The number of hydrogen-bond donors (Lipinski definition) is 1. The van der Waals surface area contributed by atoms with Gasteiger partial charge in [-0.1, -0.05) is 18.7 Å². The van der Waals surface area contributed by atoms with Crippen LogP contribution in [0.3, 0.4) is 0 Å². The maximum atomic E-state index is 10.6. The molecule has 0 saturated carbocycles. The number of fused-ring (bicyclic) bond motifs is 1. The highest BCUT2D eigenvalue weighted by atomic mass is 32.2. The lowest BCUT2D eigenvalue weighted by atomic mass is 9.88. The van der Waals surface area contributed by atoms with Crippen molar-refractivity contribution in [2.75, 3.05) is 0 Å². The number of aryl methyl sites for hydroxylation is 1. The summed E-state index contributed by atoms with van der Waals surface area (Å²) >= 11 is 1.72. The van der Waals surface area contributed by atoms with Crippen LogP contribution in [0.1, 0.15) is 26.0 Å². The summed E-state index contributed by atoms with van der Waals surface area (Å²) in [4.78, 5) is 4.33. The van der Waals surface area contributed by atoms with Crippen LogP contribution in [0.4, 0.5) is 0 Å². The molecule has 0 fully saturated rings. The van der Waals surface area contributed by atoms with E-state index in [1.807, 2.05) is 18.3 Å². The Morgan fingerprint density at radius 1 is 1.63 bits per heavy atom. The van der Waals surface area contributed by atoms with Gasteiger partial charge in [-0.25, -0.2) is 4.98 Å². The van der Waals surface area contributed by atoms with Crippen molar-refractivity contribution in [3.8, 4) is 0 Å². The van der Waals surface area contributed by atoms with Crippen molar-refractivity contribution in [1.29, 1.82) is 0 Å². The van der Waals surface area contributed by atoms with Crippen molar-refractivity contribution in [2.24, 2.45) is 0 Å². The largest absolute Gasteiger partial charge is 0.469 e. The molecule has 0 radical (unpaired) electrons. The van der Waals surface area contributed by atoms with Crippen LogP contribution in [0.25, 0.3) is 0 Å². The second-order valence-corrected chi connectivity index (χ2v) is 6.51. The molecule has 0 saturated heterocycles. The third kappa shape index (κ3) is 2.01. The fourth-order valence-corrected chi connectivity index (χ4v) is 3.99. The predicted octanol–water partition coefficient (Wildman–Crippen LogP) is 2.68. The first-order valence-corrected chi connectivity index (χ1v) is 7.41. The van der Waals surface area contributed by atoms with Gasteiger partial charge < -0.3 is 14.1 Å². The molecule has 0 spiro atoms. The van der Waals surface area contributed by atoms with Crippen LogP contribution >= 0.6 is 11.8 Å². The van der Waals surface area contributed by atoms with Crippen LogP contribution in [-0.2, 0) is 12.0 Å². The summed E-state index contributed by atoms with van der Waals surface area (Å²) in [6.07, 6.45) is 6.45. The van der Waals surface area contributed by atoms with Gasteiger partial charge in [0.1, 0.15) is 5.76 Å². The SMILES string of the molecule is CC1Sc2nccn2C1(C)C(O)CCc1ccco1. The molecule has 2 aromatic heterocycles. The minimum atomic E-state index is -0.421. The maximum Gasteiger partial charge on any atom is 0.168 e. The standard InChI is InChI=1S/C14H18N2O2S/c1-10-14(2,16-8-7-15-13(16)19-10)12(17)6-5-11-4-3-9-18-11/h3-4,7-10,12,17H,5-6H2,1-2H3. The Labute approximate surface area is 116 Å². The average molecular weight is 278 g/mol. The molecular weight excluding hydrogens is 260 g/mol. The molecule has 1 aliphatic heterocycles. The zero-order chi connectivity index (χ0) is 13.5. The predicted molar refractivity (Wildman–Crippen MR) is 74.2 cm³/mol. The van der Waals surface area contributed by atoms with Gasteiger partial charge in [0.2, 0.25) is 0 Å². The lowest BCUT2D eigenvalue weighted by Gasteiger charge is -2.35. The lowest BCUT2D eigenvalue weighted by Crippen LogP contribution is -2.46. The zero-order valence-electron chi connectivity index (χ0n) is 11.1.